The van der Waals surface area contributed by atoms with Crippen molar-refractivity contribution in [2.75, 3.05) is 20.3 Å². The summed E-state index contributed by atoms with van der Waals surface area (Å²) in [6.45, 7) is 0.268. The van der Waals surface area contributed by atoms with Gasteiger partial charge < -0.3 is 20.1 Å². The van der Waals surface area contributed by atoms with Crippen LogP contribution >= 0.6 is 0 Å². The van der Waals surface area contributed by atoms with Gasteiger partial charge in [0.1, 0.15) is 11.8 Å². The highest BCUT2D eigenvalue weighted by molar-refractivity contribution is 5.88. The largest absolute Gasteiger partial charge is 0.497 e. The molecule has 34 heavy (non-hydrogen) atoms. The van der Waals surface area contributed by atoms with Crippen LogP contribution in [0.2, 0.25) is 0 Å². The van der Waals surface area contributed by atoms with Crippen molar-refractivity contribution in [3.63, 3.8) is 0 Å². The first kappa shape index (κ1) is 25.0. The van der Waals surface area contributed by atoms with E-state index in [4.69, 9.17) is 4.74 Å². The lowest BCUT2D eigenvalue weighted by molar-refractivity contribution is -0.141. The van der Waals surface area contributed by atoms with E-state index in [1.54, 1.807) is 12.0 Å². The van der Waals surface area contributed by atoms with Crippen molar-refractivity contribution in [1.29, 1.82) is 0 Å². The normalized spacial score (nSPS) is 11.5. The number of nitrogens with one attached hydrogen (secondary N) is 1. The van der Waals surface area contributed by atoms with Crippen molar-refractivity contribution in [1.82, 2.24) is 10.2 Å². The third-order valence-corrected chi connectivity index (χ3v) is 5.66. The molecule has 3 aromatic carbocycles. The maximum absolute atomic E-state index is 13.5. The van der Waals surface area contributed by atoms with Gasteiger partial charge in [0.25, 0.3) is 0 Å². The molecule has 0 saturated heterocycles. The van der Waals surface area contributed by atoms with Crippen molar-refractivity contribution in [3.8, 4) is 5.75 Å². The zero-order chi connectivity index (χ0) is 24.2. The molecule has 1 atom stereocenters. The number of benzene rings is 3. The molecular weight excluding hydrogens is 428 g/mol. The maximum atomic E-state index is 13.5. The van der Waals surface area contributed by atoms with E-state index in [9.17, 15) is 14.7 Å². The van der Waals surface area contributed by atoms with E-state index in [0.29, 0.717) is 25.8 Å². The Bertz CT molecular complexity index is 1020. The van der Waals surface area contributed by atoms with E-state index < -0.39 is 6.04 Å². The highest BCUT2D eigenvalue weighted by atomic mass is 16.5. The molecule has 0 heterocycles. The van der Waals surface area contributed by atoms with Gasteiger partial charge in [0.05, 0.1) is 13.7 Å². The van der Waals surface area contributed by atoms with Gasteiger partial charge in [-0.15, -0.1) is 0 Å². The van der Waals surface area contributed by atoms with Crippen LogP contribution in [-0.4, -0.2) is 48.1 Å². The number of hydrogen-bond acceptors (Lipinski definition) is 4. The zero-order valence-electron chi connectivity index (χ0n) is 19.5. The first-order valence-corrected chi connectivity index (χ1v) is 11.5. The van der Waals surface area contributed by atoms with E-state index in [-0.39, 0.29) is 25.0 Å². The van der Waals surface area contributed by atoms with E-state index >= 15 is 0 Å². The van der Waals surface area contributed by atoms with Crippen molar-refractivity contribution in [2.24, 2.45) is 0 Å². The van der Waals surface area contributed by atoms with Gasteiger partial charge in [-0.25, -0.2) is 0 Å². The minimum atomic E-state index is -0.709. The average molecular weight is 461 g/mol. The Balaban J connectivity index is 1.88. The number of hydrogen-bond donors (Lipinski definition) is 2. The number of aliphatic hydroxyl groups is 1. The summed E-state index contributed by atoms with van der Waals surface area (Å²) in [5.41, 5.74) is 2.94. The minimum Gasteiger partial charge on any atom is -0.497 e. The summed E-state index contributed by atoms with van der Waals surface area (Å²) in [5.74, 6) is 0.353. The fourth-order valence-electron chi connectivity index (χ4n) is 3.82. The van der Waals surface area contributed by atoms with Crippen LogP contribution in [0.15, 0.2) is 84.9 Å². The molecule has 0 spiro atoms. The standard InChI is InChI=1S/C28H32N2O4/c1-34-25-15-12-24(13-16-25)21-30(27(32)17-14-22-8-4-2-5-9-22)26(28(33)29-18-19-31)20-23-10-6-3-7-11-23/h2-13,15-16,26,31H,14,17-21H2,1H3,(H,29,33). The van der Waals surface area contributed by atoms with Crippen LogP contribution in [0.4, 0.5) is 0 Å². The van der Waals surface area contributed by atoms with Crippen LogP contribution in [0.25, 0.3) is 0 Å². The Kier molecular flexibility index (Phi) is 9.67. The smallest absolute Gasteiger partial charge is 0.243 e. The van der Waals surface area contributed by atoms with Gasteiger partial charge in [0, 0.05) is 25.9 Å². The van der Waals surface area contributed by atoms with E-state index in [1.165, 1.54) is 0 Å². The number of methoxy groups -OCH3 is 1. The van der Waals surface area contributed by atoms with Crippen LogP contribution in [-0.2, 0) is 29.0 Å². The first-order chi connectivity index (χ1) is 16.6. The Morgan fingerprint density at radius 1 is 0.882 bits per heavy atom. The van der Waals surface area contributed by atoms with Gasteiger partial charge in [-0.3, -0.25) is 9.59 Å². The molecule has 1 unspecified atom stereocenters. The zero-order valence-corrected chi connectivity index (χ0v) is 19.5. The number of nitrogens with zero attached hydrogens (tertiary/aromatic N) is 1. The Labute approximate surface area is 201 Å². The van der Waals surface area contributed by atoms with Crippen molar-refractivity contribution < 1.29 is 19.4 Å². The molecule has 6 nitrogen and oxygen atoms in total. The molecular formula is C28H32N2O4. The Morgan fingerprint density at radius 2 is 1.50 bits per heavy atom. The Hall–Kier alpha value is -3.64. The molecule has 0 aliphatic carbocycles. The average Bonchev–Trinajstić information content (AvgIpc) is 2.89. The summed E-state index contributed by atoms with van der Waals surface area (Å²) in [7, 11) is 1.61. The lowest BCUT2D eigenvalue weighted by atomic mass is 10.0. The summed E-state index contributed by atoms with van der Waals surface area (Å²) in [5, 5.41) is 12.0. The van der Waals surface area contributed by atoms with Crippen molar-refractivity contribution >= 4 is 11.8 Å². The molecule has 3 rings (SSSR count). The van der Waals surface area contributed by atoms with Crippen molar-refractivity contribution in [3.05, 3.63) is 102 Å². The van der Waals surface area contributed by atoms with Crippen molar-refractivity contribution in [2.45, 2.75) is 31.8 Å². The minimum absolute atomic E-state index is 0.0975. The molecule has 0 aliphatic heterocycles. The van der Waals surface area contributed by atoms with Crippen LogP contribution < -0.4 is 10.1 Å². The highest BCUT2D eigenvalue weighted by Gasteiger charge is 2.30. The topological polar surface area (TPSA) is 78.9 Å². The number of aliphatic hydroxyl groups excluding tert-OH is 1. The van der Waals surface area contributed by atoms with Gasteiger partial charge in [-0.2, -0.15) is 0 Å². The predicted molar refractivity (Wildman–Crippen MR) is 132 cm³/mol. The SMILES string of the molecule is COc1ccc(CN(C(=O)CCc2ccccc2)C(Cc2ccccc2)C(=O)NCCO)cc1. The lowest BCUT2D eigenvalue weighted by Gasteiger charge is -2.31. The molecule has 2 amide bonds. The van der Waals surface area contributed by atoms with Crippen LogP contribution in [0, 0.1) is 0 Å². The number of ether oxygens (including phenoxy) is 1. The van der Waals surface area contributed by atoms with Crippen LogP contribution in [0.5, 0.6) is 5.75 Å². The monoisotopic (exact) mass is 460 g/mol. The maximum Gasteiger partial charge on any atom is 0.243 e. The number of amides is 2. The molecule has 0 radical (unpaired) electrons. The summed E-state index contributed by atoms with van der Waals surface area (Å²) in [6.07, 6.45) is 1.26. The second-order valence-electron chi connectivity index (χ2n) is 8.08. The molecule has 0 aliphatic rings. The summed E-state index contributed by atoms with van der Waals surface area (Å²) in [6, 6.07) is 26.3. The number of aryl methyl sites for hydroxylation is 1. The Morgan fingerprint density at radius 3 is 2.09 bits per heavy atom. The summed E-state index contributed by atoms with van der Waals surface area (Å²) in [4.78, 5) is 28.4. The van der Waals surface area contributed by atoms with Gasteiger partial charge >= 0.3 is 0 Å². The van der Waals surface area contributed by atoms with Gasteiger partial charge in [0.15, 0.2) is 0 Å². The molecule has 0 bridgehead atoms. The quantitative estimate of drug-likeness (QED) is 0.434. The van der Waals surface area contributed by atoms with Gasteiger partial charge in [-0.05, 0) is 35.2 Å². The van der Waals surface area contributed by atoms with E-state index in [0.717, 1.165) is 22.4 Å². The molecule has 0 saturated carbocycles. The number of carbonyl (C=O) groups is 2. The molecule has 0 fully saturated rings. The fourth-order valence-corrected chi connectivity index (χ4v) is 3.82. The molecule has 6 heteroatoms. The van der Waals surface area contributed by atoms with Gasteiger partial charge in [0.2, 0.25) is 11.8 Å². The first-order valence-electron chi connectivity index (χ1n) is 11.5. The summed E-state index contributed by atoms with van der Waals surface area (Å²) >= 11 is 0. The molecule has 2 N–H and O–H groups in total. The number of carbonyl (C=O) groups excluding carboxylic acids is 2. The van der Waals surface area contributed by atoms with Crippen LogP contribution in [0.1, 0.15) is 23.1 Å². The van der Waals surface area contributed by atoms with Gasteiger partial charge in [-0.1, -0.05) is 72.8 Å². The second-order valence-corrected chi connectivity index (χ2v) is 8.08. The fraction of sp³-hybridized carbons (Fsp3) is 0.286. The second kappa shape index (κ2) is 13.2. The van der Waals surface area contributed by atoms with E-state index in [1.807, 2.05) is 84.9 Å². The number of rotatable bonds is 12. The predicted octanol–water partition coefficient (Wildman–Crippen LogP) is 3.38. The van der Waals surface area contributed by atoms with E-state index in [2.05, 4.69) is 5.32 Å². The van der Waals surface area contributed by atoms with Crippen LogP contribution in [0.3, 0.4) is 0 Å². The molecule has 0 aromatic heterocycles. The molecule has 3 aromatic rings. The highest BCUT2D eigenvalue weighted by Crippen LogP contribution is 2.19. The third-order valence-electron chi connectivity index (χ3n) is 5.66. The summed E-state index contributed by atoms with van der Waals surface area (Å²) < 4.78 is 5.25. The third kappa shape index (κ3) is 7.46. The lowest BCUT2D eigenvalue weighted by Crippen LogP contribution is -2.51. The molecule has 178 valence electrons.